The molecular formula is C19H12Cl2N6O3S. The van der Waals surface area contributed by atoms with Crippen molar-refractivity contribution in [2.75, 3.05) is 5.01 Å². The smallest absolute Gasteiger partial charge is 0.269 e. The standard InChI is InChI=1S/C19H12Cl2N6O3S/c1-10-17(24-23-15-6-5-12(20)8-14(15)21)18(28)26(25-10)19-22-16(9-31-19)11-3-2-4-13(7-11)27(29)30/h2-9,17H,1H3. The van der Waals surface area contributed by atoms with Crippen molar-refractivity contribution in [2.45, 2.75) is 13.0 Å². The van der Waals surface area contributed by atoms with Gasteiger partial charge in [-0.2, -0.15) is 20.3 Å². The molecule has 9 nitrogen and oxygen atoms in total. The number of halogens is 2. The molecule has 0 aliphatic carbocycles. The largest absolute Gasteiger partial charge is 0.282 e. The fourth-order valence-corrected chi connectivity index (χ4v) is 4.02. The van der Waals surface area contributed by atoms with E-state index in [-0.39, 0.29) is 5.69 Å². The van der Waals surface area contributed by atoms with E-state index in [9.17, 15) is 14.9 Å². The average molecular weight is 475 g/mol. The molecular weight excluding hydrogens is 463 g/mol. The number of thiazole rings is 1. The third kappa shape index (κ3) is 4.31. The van der Waals surface area contributed by atoms with E-state index in [4.69, 9.17) is 23.2 Å². The second kappa shape index (κ2) is 8.50. The molecule has 0 N–H and O–H groups in total. The maximum Gasteiger partial charge on any atom is 0.282 e. The summed E-state index contributed by atoms with van der Waals surface area (Å²) < 4.78 is 0. The molecule has 4 rings (SSSR count). The number of carbonyl (C=O) groups is 1. The highest BCUT2D eigenvalue weighted by molar-refractivity contribution is 7.14. The second-order valence-corrected chi connectivity index (χ2v) is 8.11. The lowest BCUT2D eigenvalue weighted by atomic mass is 10.1. The average Bonchev–Trinajstić information content (AvgIpc) is 3.33. The van der Waals surface area contributed by atoms with Crippen molar-refractivity contribution in [3.63, 3.8) is 0 Å². The third-order valence-electron chi connectivity index (χ3n) is 4.31. The molecule has 1 aromatic heterocycles. The van der Waals surface area contributed by atoms with E-state index in [0.717, 1.165) is 5.01 Å². The van der Waals surface area contributed by atoms with Crippen LogP contribution in [-0.4, -0.2) is 27.6 Å². The molecule has 0 radical (unpaired) electrons. The number of anilines is 1. The van der Waals surface area contributed by atoms with Crippen LogP contribution in [0, 0.1) is 10.1 Å². The third-order valence-corrected chi connectivity index (χ3v) is 5.67. The Morgan fingerprint density at radius 3 is 2.77 bits per heavy atom. The van der Waals surface area contributed by atoms with Crippen molar-refractivity contribution < 1.29 is 9.72 Å². The van der Waals surface area contributed by atoms with E-state index in [0.29, 0.717) is 37.8 Å². The van der Waals surface area contributed by atoms with Gasteiger partial charge in [-0.15, -0.1) is 11.3 Å². The van der Waals surface area contributed by atoms with E-state index in [1.165, 1.54) is 29.5 Å². The van der Waals surface area contributed by atoms with Crippen molar-refractivity contribution in [1.29, 1.82) is 0 Å². The molecule has 156 valence electrons. The Balaban J connectivity index is 1.56. The van der Waals surface area contributed by atoms with E-state index in [1.54, 1.807) is 36.6 Å². The molecule has 2 heterocycles. The maximum atomic E-state index is 12.8. The van der Waals surface area contributed by atoms with E-state index < -0.39 is 16.9 Å². The molecule has 0 saturated carbocycles. The monoisotopic (exact) mass is 474 g/mol. The van der Waals surface area contributed by atoms with Crippen LogP contribution in [0.1, 0.15) is 6.92 Å². The summed E-state index contributed by atoms with van der Waals surface area (Å²) in [6, 6.07) is 9.96. The van der Waals surface area contributed by atoms with E-state index in [1.807, 2.05) is 0 Å². The number of amides is 1. The summed E-state index contributed by atoms with van der Waals surface area (Å²) in [5.41, 5.74) is 1.86. The summed E-state index contributed by atoms with van der Waals surface area (Å²) in [5.74, 6) is -0.411. The minimum absolute atomic E-state index is 0.0421. The molecule has 0 spiro atoms. The minimum Gasteiger partial charge on any atom is -0.269 e. The number of non-ortho nitro benzene ring substituents is 1. The highest BCUT2D eigenvalue weighted by atomic mass is 35.5. The van der Waals surface area contributed by atoms with E-state index in [2.05, 4.69) is 20.3 Å². The first-order chi connectivity index (χ1) is 14.8. The minimum atomic E-state index is -0.906. The zero-order valence-corrected chi connectivity index (χ0v) is 18.1. The quantitative estimate of drug-likeness (QED) is 0.260. The van der Waals surface area contributed by atoms with Gasteiger partial charge >= 0.3 is 0 Å². The first-order valence-corrected chi connectivity index (χ1v) is 10.4. The fraction of sp³-hybridized carbons (Fsp3) is 0.105. The molecule has 0 bridgehead atoms. The number of hydrazone groups is 1. The Hall–Kier alpha value is -3.21. The van der Waals surface area contributed by atoms with Gasteiger partial charge in [0.05, 0.1) is 21.4 Å². The summed E-state index contributed by atoms with van der Waals surface area (Å²) in [7, 11) is 0. The number of nitro benzene ring substituents is 1. The second-order valence-electron chi connectivity index (χ2n) is 6.43. The molecule has 3 aromatic rings. The van der Waals surface area contributed by atoms with Crippen LogP contribution in [-0.2, 0) is 4.79 Å². The molecule has 1 atom stereocenters. The molecule has 1 unspecified atom stereocenters. The molecule has 31 heavy (non-hydrogen) atoms. The predicted molar refractivity (Wildman–Crippen MR) is 120 cm³/mol. The van der Waals surface area contributed by atoms with Gasteiger partial charge < -0.3 is 0 Å². The highest BCUT2D eigenvalue weighted by Gasteiger charge is 2.36. The number of nitrogens with zero attached hydrogens (tertiary/aromatic N) is 6. The Morgan fingerprint density at radius 1 is 1.23 bits per heavy atom. The summed E-state index contributed by atoms with van der Waals surface area (Å²) in [6.45, 7) is 1.67. The van der Waals surface area contributed by atoms with Gasteiger partial charge in [0, 0.05) is 28.1 Å². The Bertz CT molecular complexity index is 1260. The topological polar surface area (TPSA) is 113 Å². The van der Waals surface area contributed by atoms with Crippen molar-refractivity contribution in [3.8, 4) is 11.3 Å². The number of rotatable bonds is 5. The van der Waals surface area contributed by atoms with Crippen LogP contribution in [0.15, 0.2) is 63.2 Å². The van der Waals surface area contributed by atoms with Crippen LogP contribution in [0.5, 0.6) is 0 Å². The predicted octanol–water partition coefficient (Wildman–Crippen LogP) is 5.90. The molecule has 12 heteroatoms. The number of hydrogen-bond acceptors (Lipinski definition) is 8. The Morgan fingerprint density at radius 2 is 2.03 bits per heavy atom. The zero-order chi connectivity index (χ0) is 22.1. The molecule has 1 aliphatic heterocycles. The van der Waals surface area contributed by atoms with Crippen LogP contribution in [0.2, 0.25) is 10.0 Å². The van der Waals surface area contributed by atoms with Crippen molar-refractivity contribution in [3.05, 3.63) is 68.0 Å². The summed E-state index contributed by atoms with van der Waals surface area (Å²) in [6.07, 6.45) is 0. The Labute approximate surface area is 189 Å². The Kier molecular flexibility index (Phi) is 5.77. The van der Waals surface area contributed by atoms with Crippen LogP contribution in [0.25, 0.3) is 11.3 Å². The number of carbonyl (C=O) groups excluding carboxylic acids is 1. The van der Waals surface area contributed by atoms with Crippen LogP contribution < -0.4 is 5.01 Å². The fourth-order valence-electron chi connectivity index (χ4n) is 2.78. The summed E-state index contributed by atoms with van der Waals surface area (Å²) in [4.78, 5) is 27.8. The van der Waals surface area contributed by atoms with Crippen molar-refractivity contribution >= 4 is 62.7 Å². The normalized spacial score (nSPS) is 16.2. The molecule has 0 saturated heterocycles. The molecule has 1 aliphatic rings. The van der Waals surface area contributed by atoms with Gasteiger partial charge in [-0.3, -0.25) is 14.9 Å². The first-order valence-electron chi connectivity index (χ1n) is 8.79. The summed E-state index contributed by atoms with van der Waals surface area (Å²) >= 11 is 13.2. The lowest BCUT2D eigenvalue weighted by Crippen LogP contribution is -2.29. The van der Waals surface area contributed by atoms with E-state index >= 15 is 0 Å². The number of nitro groups is 1. The number of hydrogen-bond donors (Lipinski definition) is 0. The zero-order valence-electron chi connectivity index (χ0n) is 15.8. The maximum absolute atomic E-state index is 12.8. The van der Waals surface area contributed by atoms with Crippen LogP contribution in [0.3, 0.4) is 0 Å². The van der Waals surface area contributed by atoms with Gasteiger partial charge in [-0.1, -0.05) is 35.3 Å². The van der Waals surface area contributed by atoms with Crippen LogP contribution in [0.4, 0.5) is 16.5 Å². The number of benzene rings is 2. The number of azo groups is 1. The molecule has 0 fully saturated rings. The van der Waals surface area contributed by atoms with Gasteiger partial charge in [0.1, 0.15) is 5.69 Å². The molecule has 2 aromatic carbocycles. The molecule has 1 amide bonds. The van der Waals surface area contributed by atoms with Crippen LogP contribution >= 0.6 is 34.5 Å². The summed E-state index contributed by atoms with van der Waals surface area (Å²) in [5, 5.41) is 27.4. The SMILES string of the molecule is CC1=NN(c2nc(-c3cccc([N+](=O)[O-])c3)cs2)C(=O)C1N=Nc1ccc(Cl)cc1Cl. The van der Waals surface area contributed by atoms with Gasteiger partial charge in [0.25, 0.3) is 11.6 Å². The first kappa shape index (κ1) is 21.0. The van der Waals surface area contributed by atoms with Gasteiger partial charge in [-0.05, 0) is 25.1 Å². The van der Waals surface area contributed by atoms with Crippen molar-refractivity contribution in [2.24, 2.45) is 15.3 Å². The lowest BCUT2D eigenvalue weighted by Gasteiger charge is -2.08. The van der Waals surface area contributed by atoms with Crippen molar-refractivity contribution in [1.82, 2.24) is 4.98 Å². The van der Waals surface area contributed by atoms with Gasteiger partial charge in [0.15, 0.2) is 6.04 Å². The highest BCUT2D eigenvalue weighted by Crippen LogP contribution is 2.33. The number of aromatic nitrogens is 1. The lowest BCUT2D eigenvalue weighted by molar-refractivity contribution is -0.384. The van der Waals surface area contributed by atoms with Gasteiger partial charge in [-0.25, -0.2) is 4.98 Å². The van der Waals surface area contributed by atoms with Gasteiger partial charge in [0.2, 0.25) is 5.13 Å².